The largest absolute Gasteiger partial charge is 0.326 e. The van der Waals surface area contributed by atoms with E-state index < -0.39 is 0 Å². The molecule has 2 N–H and O–H groups in total. The van der Waals surface area contributed by atoms with E-state index in [0.29, 0.717) is 12.1 Å². The Balaban J connectivity index is 2.42. The van der Waals surface area contributed by atoms with Crippen LogP contribution in [0.1, 0.15) is 52.4 Å². The van der Waals surface area contributed by atoms with Crippen molar-refractivity contribution in [2.75, 3.05) is 13.6 Å². The second kappa shape index (κ2) is 6.49. The lowest BCUT2D eigenvalue weighted by atomic mass is 9.81. The summed E-state index contributed by atoms with van der Waals surface area (Å²) in [7, 11) is 2.25. The van der Waals surface area contributed by atoms with Gasteiger partial charge in [-0.05, 0) is 45.2 Å². The quantitative estimate of drug-likeness (QED) is 0.759. The highest BCUT2D eigenvalue weighted by molar-refractivity contribution is 4.87. The van der Waals surface area contributed by atoms with E-state index >= 15 is 0 Å². The van der Waals surface area contributed by atoms with Crippen molar-refractivity contribution >= 4 is 0 Å². The van der Waals surface area contributed by atoms with Crippen molar-refractivity contribution < 1.29 is 0 Å². The Hall–Kier alpha value is -0.0800. The van der Waals surface area contributed by atoms with Gasteiger partial charge < -0.3 is 10.6 Å². The third-order valence-corrected chi connectivity index (χ3v) is 3.99. The van der Waals surface area contributed by atoms with Crippen LogP contribution >= 0.6 is 0 Å². The van der Waals surface area contributed by atoms with Crippen molar-refractivity contribution in [3.63, 3.8) is 0 Å². The van der Waals surface area contributed by atoms with Crippen molar-refractivity contribution in [3.05, 3.63) is 0 Å². The minimum Gasteiger partial charge on any atom is -0.326 e. The first-order valence-electron chi connectivity index (χ1n) is 6.64. The molecule has 1 aliphatic carbocycles. The van der Waals surface area contributed by atoms with Crippen LogP contribution in [0.15, 0.2) is 0 Å². The van der Waals surface area contributed by atoms with E-state index in [-0.39, 0.29) is 0 Å². The van der Waals surface area contributed by atoms with E-state index in [0.717, 1.165) is 5.92 Å². The zero-order valence-corrected chi connectivity index (χ0v) is 10.7. The highest BCUT2D eigenvalue weighted by atomic mass is 15.1. The molecule has 0 aromatic rings. The molecule has 1 rings (SSSR count). The molecule has 0 aliphatic heterocycles. The summed E-state index contributed by atoms with van der Waals surface area (Å²) in [5, 5.41) is 0. The Kier molecular flexibility index (Phi) is 5.62. The molecule has 0 aromatic carbocycles. The number of nitrogens with zero attached hydrogens (tertiary/aromatic N) is 1. The summed E-state index contributed by atoms with van der Waals surface area (Å²) >= 11 is 0. The number of unbranched alkanes of at least 4 members (excludes halogenated alkanes) is 1. The van der Waals surface area contributed by atoms with Crippen LogP contribution in [0.5, 0.6) is 0 Å². The molecule has 0 radical (unpaired) electrons. The molecule has 90 valence electrons. The van der Waals surface area contributed by atoms with Crippen molar-refractivity contribution in [3.8, 4) is 0 Å². The fourth-order valence-electron chi connectivity index (χ4n) is 2.71. The molecule has 1 aliphatic rings. The third-order valence-electron chi connectivity index (χ3n) is 3.99. The summed E-state index contributed by atoms with van der Waals surface area (Å²) in [5.74, 6) is 0.916. The van der Waals surface area contributed by atoms with Gasteiger partial charge >= 0.3 is 0 Å². The van der Waals surface area contributed by atoms with Crippen LogP contribution in [0, 0.1) is 5.92 Å². The van der Waals surface area contributed by atoms with E-state index in [2.05, 4.69) is 25.8 Å². The number of rotatable bonds is 5. The lowest BCUT2D eigenvalue weighted by Gasteiger charge is -2.39. The second-order valence-corrected chi connectivity index (χ2v) is 5.15. The second-order valence-electron chi connectivity index (χ2n) is 5.15. The highest BCUT2D eigenvalue weighted by Gasteiger charge is 2.29. The summed E-state index contributed by atoms with van der Waals surface area (Å²) in [4.78, 5) is 2.50. The van der Waals surface area contributed by atoms with E-state index in [9.17, 15) is 0 Å². The van der Waals surface area contributed by atoms with Crippen LogP contribution in [0.2, 0.25) is 0 Å². The average Bonchev–Trinajstić information content (AvgIpc) is 2.26. The first-order valence-corrected chi connectivity index (χ1v) is 6.64. The SMILES string of the molecule is CCCCN(C)C1CC(CC)CCC1N. The molecule has 15 heavy (non-hydrogen) atoms. The summed E-state index contributed by atoms with van der Waals surface area (Å²) in [6.45, 7) is 5.78. The predicted molar refractivity (Wildman–Crippen MR) is 66.9 cm³/mol. The zero-order chi connectivity index (χ0) is 11.3. The zero-order valence-electron chi connectivity index (χ0n) is 10.7. The molecule has 2 nitrogen and oxygen atoms in total. The molecule has 0 spiro atoms. The fourth-order valence-corrected chi connectivity index (χ4v) is 2.71. The smallest absolute Gasteiger partial charge is 0.0246 e. The summed E-state index contributed by atoms with van der Waals surface area (Å²) in [6.07, 6.45) is 7.79. The lowest BCUT2D eigenvalue weighted by Crippen LogP contribution is -2.50. The van der Waals surface area contributed by atoms with Crippen LogP contribution in [-0.4, -0.2) is 30.6 Å². The van der Waals surface area contributed by atoms with Crippen LogP contribution < -0.4 is 5.73 Å². The lowest BCUT2D eigenvalue weighted by molar-refractivity contribution is 0.133. The molecule has 3 atom stereocenters. The van der Waals surface area contributed by atoms with Gasteiger partial charge in [0.2, 0.25) is 0 Å². The minimum absolute atomic E-state index is 0.412. The average molecular weight is 212 g/mol. The maximum atomic E-state index is 6.23. The van der Waals surface area contributed by atoms with E-state index in [4.69, 9.17) is 5.73 Å². The molecule has 0 saturated heterocycles. The number of nitrogens with two attached hydrogens (primary N) is 1. The third kappa shape index (κ3) is 3.76. The summed E-state index contributed by atoms with van der Waals surface area (Å²) in [5.41, 5.74) is 6.23. The molecule has 0 heterocycles. The van der Waals surface area contributed by atoms with Crippen molar-refractivity contribution in [1.82, 2.24) is 4.90 Å². The van der Waals surface area contributed by atoms with Gasteiger partial charge in [0.15, 0.2) is 0 Å². The predicted octanol–water partition coefficient (Wildman–Crippen LogP) is 2.62. The van der Waals surface area contributed by atoms with Crippen molar-refractivity contribution in [2.45, 2.75) is 64.5 Å². The van der Waals surface area contributed by atoms with E-state index in [1.54, 1.807) is 0 Å². The summed E-state index contributed by atoms with van der Waals surface area (Å²) < 4.78 is 0. The summed E-state index contributed by atoms with van der Waals surface area (Å²) in [6, 6.07) is 1.05. The van der Waals surface area contributed by atoms with Gasteiger partial charge in [-0.3, -0.25) is 0 Å². The van der Waals surface area contributed by atoms with Crippen LogP contribution in [-0.2, 0) is 0 Å². The van der Waals surface area contributed by atoms with Gasteiger partial charge in [-0.15, -0.1) is 0 Å². The monoisotopic (exact) mass is 212 g/mol. The standard InChI is InChI=1S/C13H28N2/c1-4-6-9-15(3)13-10-11(5-2)7-8-12(13)14/h11-13H,4-10,14H2,1-3H3. The molecule has 0 amide bonds. The molecule has 3 unspecified atom stereocenters. The van der Waals surface area contributed by atoms with Crippen LogP contribution in [0.4, 0.5) is 0 Å². The Bertz CT molecular complexity index is 170. The Morgan fingerprint density at radius 2 is 2.00 bits per heavy atom. The van der Waals surface area contributed by atoms with E-state index in [1.165, 1.54) is 45.1 Å². The van der Waals surface area contributed by atoms with Gasteiger partial charge in [-0.1, -0.05) is 26.7 Å². The Morgan fingerprint density at radius 3 is 2.60 bits per heavy atom. The first kappa shape index (κ1) is 13.0. The molecule has 1 fully saturated rings. The molecule has 0 aromatic heterocycles. The van der Waals surface area contributed by atoms with Gasteiger partial charge in [0.05, 0.1) is 0 Å². The van der Waals surface area contributed by atoms with Crippen LogP contribution in [0.25, 0.3) is 0 Å². The van der Waals surface area contributed by atoms with Crippen molar-refractivity contribution in [2.24, 2.45) is 11.7 Å². The van der Waals surface area contributed by atoms with Gasteiger partial charge in [0.25, 0.3) is 0 Å². The molecule has 0 bridgehead atoms. The molecule has 2 heteroatoms. The fraction of sp³-hybridized carbons (Fsp3) is 1.00. The molecule has 1 saturated carbocycles. The van der Waals surface area contributed by atoms with Gasteiger partial charge in [0.1, 0.15) is 0 Å². The van der Waals surface area contributed by atoms with Gasteiger partial charge in [-0.2, -0.15) is 0 Å². The molecular weight excluding hydrogens is 184 g/mol. The number of likely N-dealkylation sites (N-methyl/N-ethyl adjacent to an activating group) is 1. The van der Waals surface area contributed by atoms with Crippen LogP contribution in [0.3, 0.4) is 0 Å². The maximum absolute atomic E-state index is 6.23. The Labute approximate surface area is 95.2 Å². The molecular formula is C13H28N2. The van der Waals surface area contributed by atoms with E-state index in [1.807, 2.05) is 0 Å². The number of hydrogen-bond donors (Lipinski definition) is 1. The first-order chi connectivity index (χ1) is 7.19. The highest BCUT2D eigenvalue weighted by Crippen LogP contribution is 2.28. The van der Waals surface area contributed by atoms with Gasteiger partial charge in [-0.25, -0.2) is 0 Å². The number of hydrogen-bond acceptors (Lipinski definition) is 2. The van der Waals surface area contributed by atoms with Gasteiger partial charge in [0, 0.05) is 12.1 Å². The topological polar surface area (TPSA) is 29.3 Å². The Morgan fingerprint density at radius 1 is 1.27 bits per heavy atom. The normalized spacial score (nSPS) is 32.2. The maximum Gasteiger partial charge on any atom is 0.0246 e. The minimum atomic E-state index is 0.412. The van der Waals surface area contributed by atoms with Crippen molar-refractivity contribution in [1.29, 1.82) is 0 Å².